The quantitative estimate of drug-likeness (QED) is 0.654. The van der Waals surface area contributed by atoms with E-state index in [2.05, 4.69) is 30.9 Å². The van der Waals surface area contributed by atoms with Crippen LogP contribution in [0.3, 0.4) is 0 Å². The zero-order chi connectivity index (χ0) is 19.0. The Hall–Kier alpha value is -2.18. The summed E-state index contributed by atoms with van der Waals surface area (Å²) in [4.78, 5) is 23.8. The second-order valence-electron chi connectivity index (χ2n) is 6.33. The van der Waals surface area contributed by atoms with Gasteiger partial charge in [-0.1, -0.05) is 41.6 Å². The number of aliphatic imine (C=N–C) groups is 1. The molecule has 2 aliphatic rings. The Morgan fingerprint density at radius 3 is 2.33 bits per heavy atom. The number of thioether (sulfide) groups is 2. The molecule has 27 heavy (non-hydrogen) atoms. The maximum atomic E-state index is 13.1. The van der Waals surface area contributed by atoms with Crippen LogP contribution >= 0.6 is 23.5 Å². The van der Waals surface area contributed by atoms with Crippen LogP contribution in [-0.2, 0) is 4.79 Å². The van der Waals surface area contributed by atoms with Crippen LogP contribution in [-0.4, -0.2) is 29.1 Å². The van der Waals surface area contributed by atoms with E-state index in [9.17, 15) is 4.79 Å². The van der Waals surface area contributed by atoms with E-state index in [1.165, 1.54) is 27.9 Å². The van der Waals surface area contributed by atoms with E-state index >= 15 is 0 Å². The Balaban J connectivity index is 1.74. The van der Waals surface area contributed by atoms with Crippen LogP contribution in [0, 0.1) is 6.92 Å². The number of amidine groups is 1. The Morgan fingerprint density at radius 1 is 0.926 bits per heavy atom. The average Bonchev–Trinajstić information content (AvgIpc) is 3.20. The highest BCUT2D eigenvalue weighted by Crippen LogP contribution is 2.50. The summed E-state index contributed by atoms with van der Waals surface area (Å²) in [5.74, 6) is 0.0436. The number of carbonyl (C=O) groups is 1. The minimum atomic E-state index is 0.0436. The monoisotopic (exact) mass is 395 g/mol. The van der Waals surface area contributed by atoms with Gasteiger partial charge in [0.25, 0.3) is 5.91 Å². The predicted molar refractivity (Wildman–Crippen MR) is 116 cm³/mol. The number of aryl methyl sites for hydroxylation is 1. The summed E-state index contributed by atoms with van der Waals surface area (Å²) in [6, 6.07) is 16.4. The summed E-state index contributed by atoms with van der Waals surface area (Å²) in [6.07, 6.45) is 0. The van der Waals surface area contributed by atoms with Crippen LogP contribution in [0.2, 0.25) is 0 Å². The molecule has 2 heterocycles. The van der Waals surface area contributed by atoms with E-state index in [0.29, 0.717) is 6.54 Å². The van der Waals surface area contributed by atoms with E-state index in [4.69, 9.17) is 4.99 Å². The summed E-state index contributed by atoms with van der Waals surface area (Å²) in [7, 11) is 0. The lowest BCUT2D eigenvalue weighted by atomic mass is 10.2. The van der Waals surface area contributed by atoms with Crippen LogP contribution in [0.15, 0.2) is 68.4 Å². The third-order valence-electron chi connectivity index (χ3n) is 4.56. The van der Waals surface area contributed by atoms with Crippen LogP contribution in [0.4, 0.5) is 11.4 Å². The largest absolute Gasteiger partial charge is 0.334 e. The molecular formula is C21H21N3OS2. The average molecular weight is 396 g/mol. The lowest BCUT2D eigenvalue weighted by Gasteiger charge is -2.19. The van der Waals surface area contributed by atoms with Crippen LogP contribution in [0.25, 0.3) is 0 Å². The highest BCUT2D eigenvalue weighted by Gasteiger charge is 2.38. The molecule has 0 unspecified atom stereocenters. The molecule has 138 valence electrons. The number of para-hydroxylation sites is 1. The van der Waals surface area contributed by atoms with Gasteiger partial charge in [0.1, 0.15) is 9.93 Å². The fourth-order valence-electron chi connectivity index (χ4n) is 3.14. The van der Waals surface area contributed by atoms with E-state index in [1.807, 2.05) is 43.3 Å². The molecule has 4 nitrogen and oxygen atoms in total. The molecule has 0 saturated carbocycles. The van der Waals surface area contributed by atoms with Gasteiger partial charge in [-0.05, 0) is 56.8 Å². The molecule has 1 fully saturated rings. The van der Waals surface area contributed by atoms with Crippen molar-refractivity contribution < 1.29 is 4.79 Å². The number of anilines is 1. The fourth-order valence-corrected chi connectivity index (χ4v) is 5.60. The van der Waals surface area contributed by atoms with Gasteiger partial charge in [-0.2, -0.15) is 0 Å². The Bertz CT molecular complexity index is 950. The minimum Gasteiger partial charge on any atom is -0.334 e. The van der Waals surface area contributed by atoms with E-state index in [1.54, 1.807) is 16.7 Å². The van der Waals surface area contributed by atoms with Gasteiger partial charge in [-0.15, -0.1) is 0 Å². The molecule has 0 bridgehead atoms. The third kappa shape index (κ3) is 3.28. The van der Waals surface area contributed by atoms with Crippen LogP contribution in [0.5, 0.6) is 0 Å². The number of likely N-dealkylation sites (N-methyl/N-ethyl adjacent to an activating group) is 1. The zero-order valence-corrected chi connectivity index (χ0v) is 17.2. The number of hydrogen-bond acceptors (Lipinski definition) is 5. The van der Waals surface area contributed by atoms with Gasteiger partial charge >= 0.3 is 0 Å². The van der Waals surface area contributed by atoms with Gasteiger partial charge in [0.2, 0.25) is 0 Å². The SMILES string of the molecule is CCN1C(=O)/C(=C2/Sc3ccccc3N2CC)SC1=Nc1ccc(C)cc1. The Labute approximate surface area is 168 Å². The van der Waals surface area contributed by atoms with Crippen molar-refractivity contribution in [1.82, 2.24) is 4.90 Å². The van der Waals surface area contributed by atoms with E-state index in [-0.39, 0.29) is 5.91 Å². The predicted octanol–water partition coefficient (Wildman–Crippen LogP) is 5.38. The molecule has 1 saturated heterocycles. The lowest BCUT2D eigenvalue weighted by molar-refractivity contribution is -0.122. The minimum absolute atomic E-state index is 0.0436. The lowest BCUT2D eigenvalue weighted by Crippen LogP contribution is -2.29. The van der Waals surface area contributed by atoms with E-state index in [0.717, 1.165) is 27.3 Å². The second-order valence-corrected chi connectivity index (χ2v) is 8.34. The number of benzene rings is 2. The number of amides is 1. The molecule has 1 amide bonds. The van der Waals surface area contributed by atoms with Gasteiger partial charge in [-0.25, -0.2) is 4.99 Å². The maximum Gasteiger partial charge on any atom is 0.269 e. The summed E-state index contributed by atoms with van der Waals surface area (Å²) in [5.41, 5.74) is 3.24. The fraction of sp³-hybridized carbons (Fsp3) is 0.238. The van der Waals surface area contributed by atoms with Gasteiger partial charge < -0.3 is 4.90 Å². The van der Waals surface area contributed by atoms with Crippen molar-refractivity contribution in [2.24, 2.45) is 4.99 Å². The summed E-state index contributed by atoms with van der Waals surface area (Å²) in [5, 5.41) is 1.77. The molecule has 0 N–H and O–H groups in total. The normalized spacial score (nSPS) is 20.7. The molecule has 2 aliphatic heterocycles. The van der Waals surface area contributed by atoms with Crippen molar-refractivity contribution in [1.29, 1.82) is 0 Å². The number of rotatable bonds is 3. The first-order chi connectivity index (χ1) is 13.1. The van der Waals surface area contributed by atoms with Gasteiger partial charge in [0.05, 0.1) is 11.4 Å². The first-order valence-corrected chi connectivity index (χ1v) is 10.7. The smallest absolute Gasteiger partial charge is 0.269 e. The maximum absolute atomic E-state index is 13.1. The third-order valence-corrected chi connectivity index (χ3v) is 6.94. The first-order valence-electron chi connectivity index (χ1n) is 9.06. The molecule has 2 aromatic carbocycles. The number of nitrogens with zero attached hydrogens (tertiary/aromatic N) is 3. The highest BCUT2D eigenvalue weighted by molar-refractivity contribution is 8.19. The second kappa shape index (κ2) is 7.44. The first kappa shape index (κ1) is 18.2. The van der Waals surface area contributed by atoms with Crippen LogP contribution < -0.4 is 4.90 Å². The molecule has 2 aromatic rings. The highest BCUT2D eigenvalue weighted by atomic mass is 32.2. The van der Waals surface area contributed by atoms with Crippen molar-refractivity contribution in [2.75, 3.05) is 18.0 Å². The Morgan fingerprint density at radius 2 is 1.63 bits per heavy atom. The molecule has 6 heteroatoms. The van der Waals surface area contributed by atoms with Crippen molar-refractivity contribution >= 4 is 46.0 Å². The Kier molecular flexibility index (Phi) is 5.02. The molecule has 0 radical (unpaired) electrons. The number of fused-ring (bicyclic) bond motifs is 1. The van der Waals surface area contributed by atoms with Crippen molar-refractivity contribution in [2.45, 2.75) is 25.7 Å². The molecule has 0 atom stereocenters. The number of carbonyl (C=O) groups excluding carboxylic acids is 1. The van der Waals surface area contributed by atoms with E-state index < -0.39 is 0 Å². The van der Waals surface area contributed by atoms with Gasteiger partial charge in [0, 0.05) is 18.0 Å². The van der Waals surface area contributed by atoms with Gasteiger partial charge in [-0.3, -0.25) is 9.69 Å². The summed E-state index contributed by atoms with van der Waals surface area (Å²) < 4.78 is 0. The molecule has 4 rings (SSSR count). The summed E-state index contributed by atoms with van der Waals surface area (Å²) in [6.45, 7) is 7.60. The molecular weight excluding hydrogens is 374 g/mol. The zero-order valence-electron chi connectivity index (χ0n) is 15.6. The standard InChI is InChI=1S/C21H21N3OS2/c1-4-23-16-8-6-7-9-17(16)26-20(23)18-19(25)24(5-2)21(27-18)22-15-12-10-14(3)11-13-15/h6-13H,4-5H2,1-3H3/b20-18-,22-21?. The van der Waals surface area contributed by atoms with Crippen molar-refractivity contribution in [3.8, 4) is 0 Å². The molecule has 0 aromatic heterocycles. The van der Waals surface area contributed by atoms with Crippen molar-refractivity contribution in [3.05, 3.63) is 64.0 Å². The van der Waals surface area contributed by atoms with Crippen molar-refractivity contribution in [3.63, 3.8) is 0 Å². The molecule has 0 spiro atoms. The van der Waals surface area contributed by atoms with Gasteiger partial charge in [0.15, 0.2) is 5.17 Å². The topological polar surface area (TPSA) is 35.9 Å². The number of hydrogen-bond donors (Lipinski definition) is 0. The summed E-state index contributed by atoms with van der Waals surface area (Å²) >= 11 is 3.16. The molecule has 0 aliphatic carbocycles. The van der Waals surface area contributed by atoms with Crippen LogP contribution in [0.1, 0.15) is 19.4 Å².